The zero-order valence-electron chi connectivity index (χ0n) is 17.8. The molecule has 0 unspecified atom stereocenters. The van der Waals surface area contributed by atoms with Crippen molar-refractivity contribution >= 4 is 51.5 Å². The van der Waals surface area contributed by atoms with Crippen LogP contribution in [0.25, 0.3) is 10.8 Å². The summed E-state index contributed by atoms with van der Waals surface area (Å²) in [6.07, 6.45) is 2.53. The van der Waals surface area contributed by atoms with Crippen molar-refractivity contribution in [2.45, 2.75) is 12.8 Å². The fraction of sp³-hybridized carbons (Fsp3) is 0.115. The van der Waals surface area contributed by atoms with Gasteiger partial charge in [0.1, 0.15) is 0 Å². The zero-order chi connectivity index (χ0) is 23.4. The van der Waals surface area contributed by atoms with Crippen molar-refractivity contribution in [2.24, 2.45) is 0 Å². The second-order valence-electron chi connectivity index (χ2n) is 7.49. The first-order valence-electron chi connectivity index (χ1n) is 10.2. The Balaban J connectivity index is 1.51. The average molecular weight is 479 g/mol. The Kier molecular flexibility index (Phi) is 6.92. The number of amides is 1. The number of halogens is 2. The summed E-state index contributed by atoms with van der Waals surface area (Å²) in [6, 6.07) is 20.2. The van der Waals surface area contributed by atoms with Gasteiger partial charge in [0.25, 0.3) is 5.91 Å². The Morgan fingerprint density at radius 2 is 1.67 bits per heavy atom. The minimum Gasteiger partial charge on any atom is -0.469 e. The summed E-state index contributed by atoms with van der Waals surface area (Å²) >= 11 is 11.9. The first-order valence-corrected chi connectivity index (χ1v) is 11.0. The number of hydrogen-bond donors (Lipinski definition) is 1. The number of carbonyl (C=O) groups is 2. The maximum absolute atomic E-state index is 12.5. The molecular formula is C26H20Cl2N2O3. The first kappa shape index (κ1) is 22.8. The van der Waals surface area contributed by atoms with Crippen LogP contribution in [0.1, 0.15) is 27.2 Å². The van der Waals surface area contributed by atoms with E-state index in [4.69, 9.17) is 27.9 Å². The average Bonchev–Trinajstić information content (AvgIpc) is 2.83. The molecule has 0 aliphatic carbocycles. The number of pyridine rings is 1. The van der Waals surface area contributed by atoms with E-state index in [1.165, 1.54) is 13.2 Å². The third kappa shape index (κ3) is 5.33. The Bertz CT molecular complexity index is 1340. The van der Waals surface area contributed by atoms with Gasteiger partial charge in [0, 0.05) is 29.3 Å². The lowest BCUT2D eigenvalue weighted by molar-refractivity contribution is -0.139. The molecule has 1 aromatic heterocycles. The van der Waals surface area contributed by atoms with Crippen molar-refractivity contribution < 1.29 is 14.3 Å². The van der Waals surface area contributed by atoms with E-state index in [0.29, 0.717) is 27.7 Å². The molecule has 7 heteroatoms. The van der Waals surface area contributed by atoms with E-state index < -0.39 is 0 Å². The number of esters is 1. The second-order valence-corrected chi connectivity index (χ2v) is 8.30. The van der Waals surface area contributed by atoms with Crippen LogP contribution in [0.15, 0.2) is 72.9 Å². The predicted molar refractivity (Wildman–Crippen MR) is 131 cm³/mol. The fourth-order valence-corrected chi connectivity index (χ4v) is 3.86. The van der Waals surface area contributed by atoms with Crippen molar-refractivity contribution in [1.29, 1.82) is 0 Å². The van der Waals surface area contributed by atoms with Crippen LogP contribution in [0.3, 0.4) is 0 Å². The van der Waals surface area contributed by atoms with Gasteiger partial charge in [-0.05, 0) is 46.8 Å². The molecule has 3 aromatic carbocycles. The zero-order valence-corrected chi connectivity index (χ0v) is 19.3. The van der Waals surface area contributed by atoms with E-state index in [1.807, 2.05) is 48.5 Å². The van der Waals surface area contributed by atoms with E-state index in [-0.39, 0.29) is 18.3 Å². The Hall–Kier alpha value is -3.41. The van der Waals surface area contributed by atoms with Crippen molar-refractivity contribution in [2.75, 3.05) is 12.4 Å². The van der Waals surface area contributed by atoms with Crippen molar-refractivity contribution in [3.63, 3.8) is 0 Å². The summed E-state index contributed by atoms with van der Waals surface area (Å²) in [6.45, 7) is 0. The number of aromatic nitrogens is 1. The molecule has 4 aromatic rings. The maximum atomic E-state index is 12.5. The summed E-state index contributed by atoms with van der Waals surface area (Å²) < 4.78 is 4.80. The minimum absolute atomic E-state index is 0.178. The molecule has 0 saturated carbocycles. The number of rotatable bonds is 6. The molecular weight excluding hydrogens is 459 g/mol. The summed E-state index contributed by atoms with van der Waals surface area (Å²) in [5.41, 5.74) is 3.88. The highest BCUT2D eigenvalue weighted by Crippen LogP contribution is 2.25. The summed E-state index contributed by atoms with van der Waals surface area (Å²) in [4.78, 5) is 28.8. The highest BCUT2D eigenvalue weighted by molar-refractivity contribution is 6.42. The first-order chi connectivity index (χ1) is 15.9. The van der Waals surface area contributed by atoms with Crippen LogP contribution < -0.4 is 5.32 Å². The Morgan fingerprint density at radius 3 is 2.36 bits per heavy atom. The second kappa shape index (κ2) is 10.0. The molecule has 0 saturated heterocycles. The van der Waals surface area contributed by atoms with E-state index in [1.54, 1.807) is 18.3 Å². The summed E-state index contributed by atoms with van der Waals surface area (Å²) in [5, 5.41) is 5.57. The van der Waals surface area contributed by atoms with Crippen molar-refractivity contribution in [1.82, 2.24) is 4.98 Å². The molecule has 1 heterocycles. The number of fused-ring (bicyclic) bond motifs is 1. The number of carbonyl (C=O) groups excluding carboxylic acids is 2. The summed E-state index contributed by atoms with van der Waals surface area (Å²) in [7, 11) is 1.38. The number of benzene rings is 3. The fourth-order valence-electron chi connectivity index (χ4n) is 3.56. The maximum Gasteiger partial charge on any atom is 0.310 e. The number of nitrogens with one attached hydrogen (secondary N) is 1. The van der Waals surface area contributed by atoms with Crippen LogP contribution in [-0.4, -0.2) is 24.0 Å². The van der Waals surface area contributed by atoms with Crippen molar-refractivity contribution in [3.8, 4) is 0 Å². The normalized spacial score (nSPS) is 10.8. The molecule has 0 fully saturated rings. The van der Waals surface area contributed by atoms with Crippen LogP contribution in [0.5, 0.6) is 0 Å². The molecule has 5 nitrogen and oxygen atoms in total. The van der Waals surface area contributed by atoms with Gasteiger partial charge in [0.2, 0.25) is 0 Å². The Morgan fingerprint density at radius 1 is 0.939 bits per heavy atom. The molecule has 166 valence electrons. The van der Waals surface area contributed by atoms with Gasteiger partial charge in [-0.2, -0.15) is 0 Å². The topological polar surface area (TPSA) is 68.3 Å². The predicted octanol–water partition coefficient (Wildman–Crippen LogP) is 6.10. The molecule has 0 atom stereocenters. The lowest BCUT2D eigenvalue weighted by Gasteiger charge is -2.11. The molecule has 1 amide bonds. The molecule has 0 aliphatic heterocycles. The molecule has 0 aliphatic rings. The number of methoxy groups -OCH3 is 1. The highest BCUT2D eigenvalue weighted by atomic mass is 35.5. The van der Waals surface area contributed by atoms with Gasteiger partial charge < -0.3 is 10.1 Å². The van der Waals surface area contributed by atoms with Gasteiger partial charge in [-0.3, -0.25) is 14.6 Å². The Labute approximate surface area is 201 Å². The SMILES string of the molecule is COC(=O)Cc1cnc(Cc2ccc(NC(=O)c3ccc(Cl)c(Cl)c3)cc2)c2ccccc12. The molecule has 0 bridgehead atoms. The van der Waals surface area contributed by atoms with Crippen LogP contribution in [0.4, 0.5) is 5.69 Å². The summed E-state index contributed by atoms with van der Waals surface area (Å²) in [5.74, 6) is -0.566. The van der Waals surface area contributed by atoms with Gasteiger partial charge >= 0.3 is 5.97 Å². The van der Waals surface area contributed by atoms with Crippen LogP contribution in [-0.2, 0) is 22.4 Å². The van der Waals surface area contributed by atoms with Gasteiger partial charge in [0.15, 0.2) is 0 Å². The lowest BCUT2D eigenvalue weighted by Crippen LogP contribution is -2.11. The largest absolute Gasteiger partial charge is 0.469 e. The number of ether oxygens (including phenoxy) is 1. The molecule has 1 N–H and O–H groups in total. The highest BCUT2D eigenvalue weighted by Gasteiger charge is 2.12. The van der Waals surface area contributed by atoms with Crippen LogP contribution in [0, 0.1) is 0 Å². The van der Waals surface area contributed by atoms with E-state index in [0.717, 1.165) is 27.6 Å². The quantitative estimate of drug-likeness (QED) is 0.340. The molecule has 0 spiro atoms. The number of nitrogens with zero attached hydrogens (tertiary/aromatic N) is 1. The third-order valence-corrected chi connectivity index (χ3v) is 6.03. The van der Waals surface area contributed by atoms with Gasteiger partial charge in [0.05, 0.1) is 29.3 Å². The monoisotopic (exact) mass is 478 g/mol. The van der Waals surface area contributed by atoms with Gasteiger partial charge in [-0.1, -0.05) is 59.6 Å². The molecule has 0 radical (unpaired) electrons. The van der Waals surface area contributed by atoms with Gasteiger partial charge in [-0.15, -0.1) is 0 Å². The number of anilines is 1. The standard InChI is InChI=1S/C26H20Cl2N2O3/c1-33-25(31)14-18-15-29-24(21-5-3-2-4-20(18)21)12-16-6-9-19(10-7-16)30-26(32)17-8-11-22(27)23(28)13-17/h2-11,13,15H,12,14H2,1H3,(H,30,32). The molecule has 33 heavy (non-hydrogen) atoms. The number of hydrogen-bond acceptors (Lipinski definition) is 4. The lowest BCUT2D eigenvalue weighted by atomic mass is 9.99. The van der Waals surface area contributed by atoms with Crippen molar-refractivity contribution in [3.05, 3.63) is 105 Å². The van der Waals surface area contributed by atoms with Gasteiger partial charge in [-0.25, -0.2) is 0 Å². The van der Waals surface area contributed by atoms with Crippen LogP contribution in [0.2, 0.25) is 10.0 Å². The van der Waals surface area contributed by atoms with E-state index >= 15 is 0 Å². The molecule has 4 rings (SSSR count). The van der Waals surface area contributed by atoms with E-state index in [9.17, 15) is 9.59 Å². The van der Waals surface area contributed by atoms with E-state index in [2.05, 4.69) is 10.3 Å². The smallest absolute Gasteiger partial charge is 0.310 e. The minimum atomic E-state index is -0.298. The van der Waals surface area contributed by atoms with Crippen LogP contribution >= 0.6 is 23.2 Å². The third-order valence-electron chi connectivity index (χ3n) is 5.29.